The topological polar surface area (TPSA) is 104 Å². The number of aryl methyl sites for hydroxylation is 1. The third-order valence-electron chi connectivity index (χ3n) is 4.82. The van der Waals surface area contributed by atoms with Crippen molar-refractivity contribution in [2.45, 2.75) is 38.9 Å². The third kappa shape index (κ3) is 3.38. The zero-order valence-corrected chi connectivity index (χ0v) is 14.9. The Hall–Kier alpha value is -3.29. The van der Waals surface area contributed by atoms with Crippen molar-refractivity contribution in [3.8, 4) is 0 Å². The molecule has 8 heteroatoms. The summed E-state index contributed by atoms with van der Waals surface area (Å²) < 4.78 is 0. The molecular formula is C19H19N5O3. The van der Waals surface area contributed by atoms with Crippen LogP contribution in [0.5, 0.6) is 0 Å². The van der Waals surface area contributed by atoms with Gasteiger partial charge in [-0.15, -0.1) is 0 Å². The van der Waals surface area contributed by atoms with Gasteiger partial charge in [0, 0.05) is 37.5 Å². The minimum atomic E-state index is -0.592. The molecule has 2 aliphatic rings. The number of imide groups is 1. The number of hydrogen-bond donors (Lipinski definition) is 2. The molecular weight excluding hydrogens is 346 g/mol. The molecule has 138 valence electrons. The molecule has 1 saturated heterocycles. The Kier molecular flexibility index (Phi) is 4.31. The summed E-state index contributed by atoms with van der Waals surface area (Å²) in [6.07, 6.45) is 4.09. The van der Waals surface area contributed by atoms with E-state index in [1.54, 1.807) is 17.3 Å². The number of fused-ring (bicyclic) bond motifs is 1. The third-order valence-corrected chi connectivity index (χ3v) is 4.82. The van der Waals surface area contributed by atoms with E-state index in [4.69, 9.17) is 0 Å². The highest BCUT2D eigenvalue weighted by Crippen LogP contribution is 2.28. The van der Waals surface area contributed by atoms with E-state index in [0.717, 1.165) is 16.7 Å². The quantitative estimate of drug-likeness (QED) is 0.788. The van der Waals surface area contributed by atoms with Crippen molar-refractivity contribution in [3.05, 3.63) is 52.8 Å². The number of carbonyl (C=O) groups is 3. The molecule has 8 nitrogen and oxygen atoms in total. The lowest BCUT2D eigenvalue weighted by Crippen LogP contribution is -2.52. The van der Waals surface area contributed by atoms with E-state index < -0.39 is 11.9 Å². The zero-order chi connectivity index (χ0) is 19.0. The van der Waals surface area contributed by atoms with E-state index in [9.17, 15) is 14.4 Å². The molecule has 0 spiro atoms. The zero-order valence-electron chi connectivity index (χ0n) is 14.9. The van der Waals surface area contributed by atoms with Gasteiger partial charge in [-0.3, -0.25) is 19.7 Å². The highest BCUT2D eigenvalue weighted by Gasteiger charge is 2.39. The van der Waals surface area contributed by atoms with Crippen LogP contribution in [-0.2, 0) is 22.7 Å². The highest BCUT2D eigenvalue weighted by molar-refractivity contribution is 6.05. The molecule has 0 radical (unpaired) electrons. The van der Waals surface area contributed by atoms with Gasteiger partial charge in [0.05, 0.1) is 0 Å². The Morgan fingerprint density at radius 1 is 1.22 bits per heavy atom. The average Bonchev–Trinajstić information content (AvgIpc) is 2.97. The maximum Gasteiger partial charge on any atom is 0.255 e. The molecule has 2 N–H and O–H groups in total. The minimum Gasteiger partial charge on any atom is -0.350 e. The fourth-order valence-corrected chi connectivity index (χ4v) is 3.38. The van der Waals surface area contributed by atoms with E-state index in [1.165, 1.54) is 0 Å². The molecule has 4 rings (SSSR count). The second-order valence-electron chi connectivity index (χ2n) is 6.83. The van der Waals surface area contributed by atoms with Gasteiger partial charge in [-0.1, -0.05) is 12.1 Å². The number of benzene rings is 1. The number of amides is 3. The number of aromatic nitrogens is 2. The Bertz CT molecular complexity index is 925. The van der Waals surface area contributed by atoms with Crippen LogP contribution in [0.25, 0.3) is 0 Å². The fraction of sp³-hybridized carbons (Fsp3) is 0.316. The molecule has 0 bridgehead atoms. The van der Waals surface area contributed by atoms with Crippen molar-refractivity contribution in [2.24, 2.45) is 0 Å². The van der Waals surface area contributed by atoms with E-state index in [2.05, 4.69) is 20.6 Å². The van der Waals surface area contributed by atoms with Crippen LogP contribution in [0.1, 0.15) is 39.9 Å². The number of piperidine rings is 1. The van der Waals surface area contributed by atoms with Crippen LogP contribution in [0.2, 0.25) is 0 Å². The largest absolute Gasteiger partial charge is 0.350 e. The van der Waals surface area contributed by atoms with Gasteiger partial charge in [-0.05, 0) is 36.1 Å². The molecule has 1 aromatic heterocycles. The average molecular weight is 365 g/mol. The second-order valence-corrected chi connectivity index (χ2v) is 6.83. The van der Waals surface area contributed by atoms with Crippen molar-refractivity contribution in [1.82, 2.24) is 20.2 Å². The van der Waals surface area contributed by atoms with Gasteiger partial charge in [0.15, 0.2) is 0 Å². The lowest BCUT2D eigenvalue weighted by Gasteiger charge is -2.29. The number of carbonyl (C=O) groups excluding carboxylic acids is 3. The van der Waals surface area contributed by atoms with Crippen LogP contribution in [0.3, 0.4) is 0 Å². The van der Waals surface area contributed by atoms with Crippen LogP contribution in [0.4, 0.5) is 5.95 Å². The Morgan fingerprint density at radius 3 is 2.74 bits per heavy atom. The van der Waals surface area contributed by atoms with E-state index in [-0.39, 0.29) is 18.2 Å². The molecule has 27 heavy (non-hydrogen) atoms. The van der Waals surface area contributed by atoms with Crippen molar-refractivity contribution in [3.63, 3.8) is 0 Å². The van der Waals surface area contributed by atoms with Crippen LogP contribution >= 0.6 is 0 Å². The second kappa shape index (κ2) is 6.79. The van der Waals surface area contributed by atoms with Gasteiger partial charge in [-0.25, -0.2) is 9.97 Å². The van der Waals surface area contributed by atoms with Gasteiger partial charge in [0.2, 0.25) is 17.8 Å². The summed E-state index contributed by atoms with van der Waals surface area (Å²) in [4.78, 5) is 46.2. The molecule has 1 atom stereocenters. The van der Waals surface area contributed by atoms with Gasteiger partial charge >= 0.3 is 0 Å². The maximum atomic E-state index is 12.8. The van der Waals surface area contributed by atoms with Gasteiger partial charge in [0.1, 0.15) is 6.04 Å². The molecule has 3 heterocycles. The number of nitrogens with one attached hydrogen (secondary N) is 2. The van der Waals surface area contributed by atoms with Gasteiger partial charge in [-0.2, -0.15) is 0 Å². The summed E-state index contributed by atoms with van der Waals surface area (Å²) in [5.41, 5.74) is 3.40. The monoisotopic (exact) mass is 365 g/mol. The summed E-state index contributed by atoms with van der Waals surface area (Å²) in [6.45, 7) is 2.79. The SMILES string of the molecule is Cc1cnc(NCc2ccc3c(c2)C(=O)N(C2CCC(=O)NC2=O)C3)nc1. The fourth-order valence-electron chi connectivity index (χ4n) is 3.38. The Morgan fingerprint density at radius 2 is 2.00 bits per heavy atom. The van der Waals surface area contributed by atoms with Crippen LogP contribution in [0, 0.1) is 6.92 Å². The van der Waals surface area contributed by atoms with Crippen LogP contribution in [0.15, 0.2) is 30.6 Å². The van der Waals surface area contributed by atoms with Crippen LogP contribution < -0.4 is 10.6 Å². The summed E-state index contributed by atoms with van der Waals surface area (Å²) in [5, 5.41) is 5.44. The molecule has 3 amide bonds. The van der Waals surface area contributed by atoms with Crippen LogP contribution in [-0.4, -0.2) is 38.6 Å². The van der Waals surface area contributed by atoms with Crippen molar-refractivity contribution in [2.75, 3.05) is 5.32 Å². The molecule has 2 aromatic rings. The Labute approximate surface area is 156 Å². The summed E-state index contributed by atoms with van der Waals surface area (Å²) >= 11 is 0. The smallest absolute Gasteiger partial charge is 0.255 e. The maximum absolute atomic E-state index is 12.8. The first-order chi connectivity index (χ1) is 13.0. The van der Waals surface area contributed by atoms with Crippen molar-refractivity contribution >= 4 is 23.7 Å². The lowest BCUT2D eigenvalue weighted by molar-refractivity contribution is -0.136. The first kappa shape index (κ1) is 17.1. The van der Waals surface area contributed by atoms with Crippen molar-refractivity contribution in [1.29, 1.82) is 0 Å². The van der Waals surface area contributed by atoms with E-state index in [0.29, 0.717) is 31.0 Å². The number of rotatable bonds is 4. The normalized spacial score (nSPS) is 19.1. The molecule has 1 aromatic carbocycles. The number of hydrogen-bond acceptors (Lipinski definition) is 6. The summed E-state index contributed by atoms with van der Waals surface area (Å²) in [5.74, 6) is -0.330. The summed E-state index contributed by atoms with van der Waals surface area (Å²) in [6, 6.07) is 5.10. The van der Waals surface area contributed by atoms with Gasteiger partial charge < -0.3 is 10.2 Å². The van der Waals surface area contributed by atoms with E-state index in [1.807, 2.05) is 25.1 Å². The molecule has 1 fully saturated rings. The Balaban J connectivity index is 1.47. The molecule has 0 saturated carbocycles. The van der Waals surface area contributed by atoms with Crippen molar-refractivity contribution < 1.29 is 14.4 Å². The predicted octanol–water partition coefficient (Wildman–Crippen LogP) is 1.16. The summed E-state index contributed by atoms with van der Waals surface area (Å²) in [7, 11) is 0. The first-order valence-electron chi connectivity index (χ1n) is 8.80. The predicted molar refractivity (Wildman–Crippen MR) is 96.6 cm³/mol. The molecule has 2 aliphatic heterocycles. The number of nitrogens with zero attached hydrogens (tertiary/aromatic N) is 3. The minimum absolute atomic E-state index is 0.173. The highest BCUT2D eigenvalue weighted by atomic mass is 16.2. The lowest BCUT2D eigenvalue weighted by atomic mass is 10.0. The number of anilines is 1. The first-order valence-corrected chi connectivity index (χ1v) is 8.80. The standard InChI is InChI=1S/C19H19N5O3/c1-11-7-20-19(21-8-11)22-9-12-2-3-13-10-24(18(27)14(13)6-12)15-4-5-16(25)23-17(15)26/h2-3,6-8,15H,4-5,9-10H2,1H3,(H,20,21,22)(H,23,25,26). The van der Waals surface area contributed by atoms with E-state index >= 15 is 0 Å². The molecule has 0 aliphatic carbocycles. The van der Waals surface area contributed by atoms with Gasteiger partial charge in [0.25, 0.3) is 5.91 Å². The molecule has 1 unspecified atom stereocenters.